The van der Waals surface area contributed by atoms with Gasteiger partial charge in [-0.15, -0.1) is 0 Å². The maximum Gasteiger partial charge on any atom is 0.308 e. The van der Waals surface area contributed by atoms with E-state index in [4.69, 9.17) is 5.11 Å². The number of unbranched alkanes of at least 4 members (excludes halogenated alkanes) is 4. The first-order valence-corrected chi connectivity index (χ1v) is 6.15. The molecule has 0 aromatic carbocycles. The van der Waals surface area contributed by atoms with Gasteiger partial charge in [-0.3, -0.25) is 9.59 Å². The molecule has 1 amide bonds. The van der Waals surface area contributed by atoms with Crippen LogP contribution < -0.4 is 0 Å². The lowest BCUT2D eigenvalue weighted by Crippen LogP contribution is -2.27. The average Bonchev–Trinajstić information content (AvgIpc) is 2.60. The van der Waals surface area contributed by atoms with E-state index in [0.29, 0.717) is 6.54 Å². The lowest BCUT2D eigenvalue weighted by molar-refractivity contribution is -0.141. The molecule has 92 valence electrons. The van der Waals surface area contributed by atoms with E-state index >= 15 is 0 Å². The zero-order chi connectivity index (χ0) is 12.0. The van der Waals surface area contributed by atoms with E-state index in [9.17, 15) is 9.59 Å². The molecule has 1 N–H and O–H groups in total. The first kappa shape index (κ1) is 13.0. The molecule has 1 atom stereocenters. The van der Waals surface area contributed by atoms with Crippen LogP contribution in [0.3, 0.4) is 0 Å². The molecule has 4 nitrogen and oxygen atoms in total. The number of carbonyl (C=O) groups excluding carboxylic acids is 1. The highest BCUT2D eigenvalue weighted by Crippen LogP contribution is 2.18. The molecule has 0 unspecified atom stereocenters. The lowest BCUT2D eigenvalue weighted by Gasteiger charge is -2.15. The number of hydrogen-bond acceptors (Lipinski definition) is 2. The van der Waals surface area contributed by atoms with Crippen LogP contribution in [-0.4, -0.2) is 35.0 Å². The molecule has 1 fully saturated rings. The summed E-state index contributed by atoms with van der Waals surface area (Å²) in [5.74, 6) is -1.33. The number of hydrogen-bond donors (Lipinski definition) is 1. The normalized spacial score (nSPS) is 20.4. The molecule has 0 aromatic rings. The number of carbonyl (C=O) groups is 2. The third kappa shape index (κ3) is 3.83. The SMILES string of the molecule is CCCCCCCN1C[C@H](C(=O)O)CC1=O. The summed E-state index contributed by atoms with van der Waals surface area (Å²) < 4.78 is 0. The molecule has 0 saturated carbocycles. The number of carboxylic acid groups (broad SMARTS) is 1. The van der Waals surface area contributed by atoms with Gasteiger partial charge >= 0.3 is 5.97 Å². The molecule has 16 heavy (non-hydrogen) atoms. The van der Waals surface area contributed by atoms with Gasteiger partial charge < -0.3 is 10.0 Å². The fourth-order valence-corrected chi connectivity index (χ4v) is 2.06. The summed E-state index contributed by atoms with van der Waals surface area (Å²) in [6.45, 7) is 3.30. The van der Waals surface area contributed by atoms with E-state index in [1.807, 2.05) is 0 Å². The van der Waals surface area contributed by atoms with Crippen molar-refractivity contribution in [3.8, 4) is 0 Å². The van der Waals surface area contributed by atoms with E-state index in [0.717, 1.165) is 19.4 Å². The highest BCUT2D eigenvalue weighted by molar-refractivity contribution is 5.86. The molecular formula is C12H21NO3. The minimum Gasteiger partial charge on any atom is -0.481 e. The molecule has 1 saturated heterocycles. The van der Waals surface area contributed by atoms with E-state index in [1.165, 1.54) is 19.3 Å². The molecular weight excluding hydrogens is 206 g/mol. The second-order valence-corrected chi connectivity index (χ2v) is 4.49. The van der Waals surface area contributed by atoms with Gasteiger partial charge in [0.05, 0.1) is 5.92 Å². The van der Waals surface area contributed by atoms with Gasteiger partial charge in [0.2, 0.25) is 5.91 Å². The van der Waals surface area contributed by atoms with Gasteiger partial charge in [-0.25, -0.2) is 0 Å². The molecule has 0 spiro atoms. The van der Waals surface area contributed by atoms with Crippen LogP contribution in [0, 0.1) is 5.92 Å². The van der Waals surface area contributed by atoms with Crippen LogP contribution in [0.5, 0.6) is 0 Å². The van der Waals surface area contributed by atoms with Crippen molar-refractivity contribution in [3.63, 3.8) is 0 Å². The standard InChI is InChI=1S/C12H21NO3/c1-2-3-4-5-6-7-13-9-10(12(15)16)8-11(13)14/h10H,2-9H2,1H3,(H,15,16)/t10-/m1/s1. The van der Waals surface area contributed by atoms with Crippen LogP contribution in [0.25, 0.3) is 0 Å². The van der Waals surface area contributed by atoms with E-state index in [-0.39, 0.29) is 12.3 Å². The van der Waals surface area contributed by atoms with Crippen molar-refractivity contribution < 1.29 is 14.7 Å². The lowest BCUT2D eigenvalue weighted by atomic mass is 10.1. The average molecular weight is 227 g/mol. The Kier molecular flexibility index (Phi) is 5.29. The number of likely N-dealkylation sites (tertiary alicyclic amines) is 1. The Morgan fingerprint density at radius 1 is 1.38 bits per heavy atom. The molecule has 1 aliphatic rings. The predicted octanol–water partition coefficient (Wildman–Crippen LogP) is 1.89. The predicted molar refractivity (Wildman–Crippen MR) is 61.1 cm³/mol. The van der Waals surface area contributed by atoms with Crippen LogP contribution in [0.1, 0.15) is 45.4 Å². The maximum atomic E-state index is 11.5. The molecule has 1 heterocycles. The smallest absolute Gasteiger partial charge is 0.308 e. The van der Waals surface area contributed by atoms with Crippen molar-refractivity contribution in [1.29, 1.82) is 0 Å². The summed E-state index contributed by atoms with van der Waals surface area (Å²) >= 11 is 0. The van der Waals surface area contributed by atoms with E-state index in [1.54, 1.807) is 4.90 Å². The van der Waals surface area contributed by atoms with Crippen molar-refractivity contribution >= 4 is 11.9 Å². The third-order valence-corrected chi connectivity index (χ3v) is 3.10. The summed E-state index contributed by atoms with van der Waals surface area (Å²) in [6.07, 6.45) is 5.98. The van der Waals surface area contributed by atoms with Crippen LogP contribution in [-0.2, 0) is 9.59 Å². The van der Waals surface area contributed by atoms with Crippen molar-refractivity contribution in [2.75, 3.05) is 13.1 Å². The molecule has 0 aromatic heterocycles. The minimum atomic E-state index is -0.846. The fraction of sp³-hybridized carbons (Fsp3) is 0.833. The van der Waals surface area contributed by atoms with Crippen LogP contribution in [0.2, 0.25) is 0 Å². The first-order valence-electron chi connectivity index (χ1n) is 6.15. The highest BCUT2D eigenvalue weighted by atomic mass is 16.4. The Bertz CT molecular complexity index is 253. The first-order chi connectivity index (χ1) is 7.65. The molecule has 1 rings (SSSR count). The van der Waals surface area contributed by atoms with Crippen LogP contribution in [0.4, 0.5) is 0 Å². The Hall–Kier alpha value is -1.06. The summed E-state index contributed by atoms with van der Waals surface area (Å²) in [7, 11) is 0. The van der Waals surface area contributed by atoms with Gasteiger partial charge in [-0.1, -0.05) is 32.6 Å². The van der Waals surface area contributed by atoms with Gasteiger partial charge in [-0.2, -0.15) is 0 Å². The van der Waals surface area contributed by atoms with Gasteiger partial charge in [0.25, 0.3) is 0 Å². The highest BCUT2D eigenvalue weighted by Gasteiger charge is 2.33. The molecule has 4 heteroatoms. The zero-order valence-corrected chi connectivity index (χ0v) is 9.95. The molecule has 0 aliphatic carbocycles. The Morgan fingerprint density at radius 3 is 2.62 bits per heavy atom. The Morgan fingerprint density at radius 2 is 2.06 bits per heavy atom. The second-order valence-electron chi connectivity index (χ2n) is 4.49. The quantitative estimate of drug-likeness (QED) is 0.676. The van der Waals surface area contributed by atoms with Gasteiger partial charge in [0.1, 0.15) is 0 Å². The van der Waals surface area contributed by atoms with E-state index < -0.39 is 11.9 Å². The third-order valence-electron chi connectivity index (χ3n) is 3.10. The number of amides is 1. The zero-order valence-electron chi connectivity index (χ0n) is 9.95. The van der Waals surface area contributed by atoms with Gasteiger partial charge in [0, 0.05) is 19.5 Å². The Balaban J connectivity index is 2.18. The van der Waals surface area contributed by atoms with E-state index in [2.05, 4.69) is 6.92 Å². The second kappa shape index (κ2) is 6.51. The van der Waals surface area contributed by atoms with Crippen molar-refractivity contribution in [3.05, 3.63) is 0 Å². The van der Waals surface area contributed by atoms with Gasteiger partial charge in [0.15, 0.2) is 0 Å². The van der Waals surface area contributed by atoms with Crippen LogP contribution >= 0.6 is 0 Å². The molecule has 0 bridgehead atoms. The van der Waals surface area contributed by atoms with Crippen molar-refractivity contribution in [2.24, 2.45) is 5.92 Å². The summed E-state index contributed by atoms with van der Waals surface area (Å²) in [6, 6.07) is 0. The molecule has 0 radical (unpaired) electrons. The summed E-state index contributed by atoms with van der Waals surface area (Å²) in [5, 5.41) is 8.81. The largest absolute Gasteiger partial charge is 0.481 e. The number of carboxylic acids is 1. The number of rotatable bonds is 7. The molecule has 1 aliphatic heterocycles. The minimum absolute atomic E-state index is 0.00268. The number of aliphatic carboxylic acids is 1. The Labute approximate surface area is 96.6 Å². The maximum absolute atomic E-state index is 11.5. The van der Waals surface area contributed by atoms with Gasteiger partial charge in [-0.05, 0) is 6.42 Å². The number of nitrogens with zero attached hydrogens (tertiary/aromatic N) is 1. The van der Waals surface area contributed by atoms with Crippen molar-refractivity contribution in [1.82, 2.24) is 4.90 Å². The van der Waals surface area contributed by atoms with Crippen LogP contribution in [0.15, 0.2) is 0 Å². The summed E-state index contributed by atoms with van der Waals surface area (Å²) in [4.78, 5) is 23.9. The monoisotopic (exact) mass is 227 g/mol. The summed E-state index contributed by atoms with van der Waals surface area (Å²) in [5.41, 5.74) is 0. The topological polar surface area (TPSA) is 57.6 Å². The van der Waals surface area contributed by atoms with Crippen molar-refractivity contribution in [2.45, 2.75) is 45.4 Å². The fourth-order valence-electron chi connectivity index (χ4n) is 2.06.